The van der Waals surface area contributed by atoms with Gasteiger partial charge in [0, 0.05) is 12.0 Å². The number of amides is 2. The Morgan fingerprint density at radius 1 is 1.13 bits per heavy atom. The Morgan fingerprint density at radius 2 is 1.71 bits per heavy atom. The lowest BCUT2D eigenvalue weighted by molar-refractivity contribution is -0.141. The molecule has 0 aromatic heterocycles. The zero-order valence-electron chi connectivity index (χ0n) is 25.4. The van der Waals surface area contributed by atoms with Crippen molar-refractivity contribution in [3.8, 4) is 0 Å². The number of hydrogen-bond acceptors (Lipinski definition) is 6. The highest BCUT2D eigenvalue weighted by Crippen LogP contribution is 2.40. The Kier molecular flexibility index (Phi) is 10.1. The molecule has 38 heavy (non-hydrogen) atoms. The summed E-state index contributed by atoms with van der Waals surface area (Å²) >= 11 is 0. The third-order valence-corrected chi connectivity index (χ3v) is 17.8. The van der Waals surface area contributed by atoms with E-state index in [4.69, 9.17) is 13.6 Å². The molecule has 0 spiro atoms. The maximum atomic E-state index is 13.4. The summed E-state index contributed by atoms with van der Waals surface area (Å²) in [4.78, 5) is 40.2. The van der Waals surface area contributed by atoms with Gasteiger partial charge in [0.2, 0.25) is 5.91 Å². The van der Waals surface area contributed by atoms with Crippen LogP contribution in [0.3, 0.4) is 0 Å². The van der Waals surface area contributed by atoms with Gasteiger partial charge in [0.15, 0.2) is 22.4 Å². The number of ketones is 1. The number of carbonyl (C=O) groups is 3. The van der Waals surface area contributed by atoms with Gasteiger partial charge in [-0.2, -0.15) is 0 Å². The zero-order chi connectivity index (χ0) is 29.3. The average Bonchev–Trinajstić information content (AvgIpc) is 3.18. The Balaban J connectivity index is 2.14. The van der Waals surface area contributed by atoms with Gasteiger partial charge in [0.1, 0.15) is 6.61 Å². The molecular weight excluding hydrogens is 516 g/mol. The number of β-lactam (4-membered cyclic amide) rings is 1. The van der Waals surface area contributed by atoms with Crippen LogP contribution in [0.5, 0.6) is 0 Å². The molecule has 216 valence electrons. The lowest BCUT2D eigenvalue weighted by Gasteiger charge is -2.45. The standard InChI is InChI=1S/C28H50N2O6Si2/c1-13-14-34-26(33)30-17-20(15-21(30)18-35-37(9,10)27(3,4)5)23(31)16-22-24(25(32)29-22)19(2)36-38(11,12)28(6,7)8/h13,15,19,21-22,24H,1,14,16-18H2,2-12H3,(H,29,32)/t19-,21?,22-,24-/m1/s1. The first-order valence-corrected chi connectivity index (χ1v) is 19.4. The molecule has 2 rings (SSSR count). The molecule has 0 saturated carbocycles. The first-order chi connectivity index (χ1) is 17.2. The van der Waals surface area contributed by atoms with E-state index in [0.29, 0.717) is 12.2 Å². The highest BCUT2D eigenvalue weighted by atomic mass is 28.4. The Morgan fingerprint density at radius 3 is 2.21 bits per heavy atom. The van der Waals surface area contributed by atoms with Gasteiger partial charge in [0.25, 0.3) is 0 Å². The molecule has 2 aliphatic heterocycles. The summed E-state index contributed by atoms with van der Waals surface area (Å²) in [5, 5.41) is 2.94. The van der Waals surface area contributed by atoms with Gasteiger partial charge in [-0.3, -0.25) is 14.5 Å². The maximum absolute atomic E-state index is 13.4. The van der Waals surface area contributed by atoms with Gasteiger partial charge in [-0.1, -0.05) is 60.3 Å². The first kappa shape index (κ1) is 32.5. The fraction of sp³-hybridized carbons (Fsp3) is 0.750. The van der Waals surface area contributed by atoms with Crippen LogP contribution in [0, 0.1) is 5.92 Å². The fourth-order valence-electron chi connectivity index (χ4n) is 4.14. The van der Waals surface area contributed by atoms with Crippen LogP contribution >= 0.6 is 0 Å². The third kappa shape index (κ3) is 7.46. The van der Waals surface area contributed by atoms with Crippen molar-refractivity contribution < 1.29 is 28.0 Å². The van der Waals surface area contributed by atoms with Gasteiger partial charge in [-0.05, 0) is 43.2 Å². The van der Waals surface area contributed by atoms with Crippen molar-refractivity contribution in [2.45, 2.75) is 109 Å². The third-order valence-electron chi connectivity index (χ3n) is 8.73. The largest absolute Gasteiger partial charge is 0.445 e. The van der Waals surface area contributed by atoms with Crippen molar-refractivity contribution >= 4 is 34.4 Å². The minimum Gasteiger partial charge on any atom is -0.445 e. The molecule has 1 fully saturated rings. The van der Waals surface area contributed by atoms with Crippen LogP contribution in [0.15, 0.2) is 24.3 Å². The molecular formula is C28H50N2O6Si2. The smallest absolute Gasteiger partial charge is 0.410 e. The lowest BCUT2D eigenvalue weighted by Crippen LogP contribution is -2.64. The summed E-state index contributed by atoms with van der Waals surface area (Å²) in [6.45, 7) is 27.7. The summed E-state index contributed by atoms with van der Waals surface area (Å²) in [6, 6.07) is -0.688. The zero-order valence-corrected chi connectivity index (χ0v) is 27.4. The van der Waals surface area contributed by atoms with Crippen LogP contribution in [-0.2, 0) is 23.2 Å². The van der Waals surface area contributed by atoms with E-state index in [-0.39, 0.29) is 59.4 Å². The van der Waals surface area contributed by atoms with Crippen molar-refractivity contribution in [2.75, 3.05) is 19.8 Å². The maximum Gasteiger partial charge on any atom is 0.410 e. The average molecular weight is 567 g/mol. The van der Waals surface area contributed by atoms with Crippen molar-refractivity contribution in [1.29, 1.82) is 0 Å². The van der Waals surface area contributed by atoms with E-state index in [1.165, 1.54) is 6.08 Å². The molecule has 0 aromatic carbocycles. The Hall–Kier alpha value is -1.76. The van der Waals surface area contributed by atoms with Crippen LogP contribution in [-0.4, -0.2) is 77.3 Å². The van der Waals surface area contributed by atoms with Gasteiger partial charge in [-0.25, -0.2) is 4.79 Å². The molecule has 1 saturated heterocycles. The van der Waals surface area contributed by atoms with Gasteiger partial charge >= 0.3 is 6.09 Å². The number of carbonyl (C=O) groups excluding carboxylic acids is 3. The monoisotopic (exact) mass is 566 g/mol. The van der Waals surface area contributed by atoms with E-state index in [1.807, 2.05) is 13.0 Å². The van der Waals surface area contributed by atoms with E-state index in [9.17, 15) is 14.4 Å². The van der Waals surface area contributed by atoms with Gasteiger partial charge < -0.3 is 18.9 Å². The summed E-state index contributed by atoms with van der Waals surface area (Å²) in [5.74, 6) is -0.540. The summed E-state index contributed by atoms with van der Waals surface area (Å²) in [6.07, 6.45) is 2.73. The predicted molar refractivity (Wildman–Crippen MR) is 156 cm³/mol. The van der Waals surface area contributed by atoms with Crippen LogP contribution < -0.4 is 5.32 Å². The number of rotatable bonds is 11. The minimum atomic E-state index is -2.07. The highest BCUT2D eigenvalue weighted by Gasteiger charge is 2.48. The first-order valence-electron chi connectivity index (χ1n) is 13.6. The molecule has 0 bridgehead atoms. The Bertz CT molecular complexity index is 948. The molecule has 2 amide bonds. The molecule has 2 heterocycles. The molecule has 2 aliphatic rings. The molecule has 4 atom stereocenters. The number of nitrogens with zero attached hydrogens (tertiary/aromatic N) is 1. The van der Waals surface area contributed by atoms with Crippen molar-refractivity contribution in [3.63, 3.8) is 0 Å². The molecule has 0 aliphatic carbocycles. The van der Waals surface area contributed by atoms with Crippen molar-refractivity contribution in [2.24, 2.45) is 5.92 Å². The number of ether oxygens (including phenoxy) is 1. The normalized spacial score (nSPS) is 23.3. The van der Waals surface area contributed by atoms with Crippen LogP contribution in [0.4, 0.5) is 4.79 Å². The van der Waals surface area contributed by atoms with Gasteiger partial charge in [-0.15, -0.1) is 0 Å². The second-order valence-corrected chi connectivity index (χ2v) is 23.2. The quantitative estimate of drug-likeness (QED) is 0.204. The van der Waals surface area contributed by atoms with E-state index < -0.39 is 28.8 Å². The van der Waals surface area contributed by atoms with Crippen LogP contribution in [0.2, 0.25) is 36.3 Å². The molecule has 8 nitrogen and oxygen atoms in total. The molecule has 0 aromatic rings. The SMILES string of the molecule is C=CCOC(=O)N1CC(C(=O)C[C@H]2NC(=O)[C@@H]2[C@@H](C)O[Si](C)(C)C(C)(C)C)=CC1CO[Si](C)(C)C(C)(C)C. The second kappa shape index (κ2) is 11.8. The lowest BCUT2D eigenvalue weighted by atomic mass is 9.82. The number of hydrogen-bond donors (Lipinski definition) is 1. The van der Waals surface area contributed by atoms with E-state index in [0.717, 1.165) is 0 Å². The second-order valence-electron chi connectivity index (χ2n) is 13.7. The van der Waals surface area contributed by atoms with E-state index in [1.54, 1.807) is 4.90 Å². The highest BCUT2D eigenvalue weighted by molar-refractivity contribution is 6.74. The van der Waals surface area contributed by atoms with Crippen LogP contribution in [0.1, 0.15) is 54.9 Å². The molecule has 10 heteroatoms. The minimum absolute atomic E-state index is 0.0166. The Labute approximate surface area is 231 Å². The number of nitrogens with one attached hydrogen (secondary N) is 1. The molecule has 1 unspecified atom stereocenters. The van der Waals surface area contributed by atoms with Crippen LogP contribution in [0.25, 0.3) is 0 Å². The topological polar surface area (TPSA) is 94.2 Å². The fourth-order valence-corrected chi connectivity index (χ4v) is 6.59. The summed E-state index contributed by atoms with van der Waals surface area (Å²) < 4.78 is 18.1. The predicted octanol–water partition coefficient (Wildman–Crippen LogP) is 5.43. The number of Topliss-reactive ketones (excluding diaryl/α,β-unsaturated/α-hetero) is 1. The van der Waals surface area contributed by atoms with Crippen molar-refractivity contribution in [1.82, 2.24) is 10.2 Å². The van der Waals surface area contributed by atoms with E-state index >= 15 is 0 Å². The van der Waals surface area contributed by atoms with Gasteiger partial charge in [0.05, 0.1) is 37.3 Å². The molecule has 0 radical (unpaired) electrons. The summed E-state index contributed by atoms with van der Waals surface area (Å²) in [7, 11) is -4.13. The van der Waals surface area contributed by atoms with E-state index in [2.05, 4.69) is 79.6 Å². The van der Waals surface area contributed by atoms with Crippen molar-refractivity contribution in [3.05, 3.63) is 24.3 Å². The molecule has 1 N–H and O–H groups in total. The summed E-state index contributed by atoms with van der Waals surface area (Å²) in [5.41, 5.74) is 0.544.